The van der Waals surface area contributed by atoms with Gasteiger partial charge in [-0.25, -0.2) is 4.99 Å². The summed E-state index contributed by atoms with van der Waals surface area (Å²) in [5.74, 6) is 0.916. The Hall–Kier alpha value is -2.13. The normalized spacial score (nSPS) is 12.6. The largest absolute Gasteiger partial charge is 0.340 e. The highest BCUT2D eigenvalue weighted by atomic mass is 79.9. The van der Waals surface area contributed by atoms with Crippen molar-refractivity contribution < 1.29 is 0 Å². The fraction of sp³-hybridized carbons (Fsp3) is 0. The van der Waals surface area contributed by atoms with Crippen molar-refractivity contribution in [2.45, 2.75) is 0 Å². The topological polar surface area (TPSA) is 24.4 Å². The molecule has 1 aliphatic heterocycles. The lowest BCUT2D eigenvalue weighted by molar-refractivity contribution is 1.54. The number of halogens is 1. The predicted molar refractivity (Wildman–Crippen MR) is 87.9 cm³/mol. The quantitative estimate of drug-likeness (QED) is 0.661. The number of amidine groups is 1. The van der Waals surface area contributed by atoms with Crippen LogP contribution in [0.1, 0.15) is 5.56 Å². The maximum Gasteiger partial charge on any atom is 0.139 e. The summed E-state index contributed by atoms with van der Waals surface area (Å²) in [5.41, 5.74) is 3.25. The standard InChI is InChI=1S/C17H11BrN2/c18-12-7-9-13(10-8-12)19-17-14-5-1-3-11-4-2-6-15(20-17)16(11)14/h1-10H,(H,19,20). The third-order valence-electron chi connectivity index (χ3n) is 3.48. The number of nitrogens with zero attached hydrogens (tertiary/aromatic N) is 1. The smallest absolute Gasteiger partial charge is 0.139 e. The molecular formula is C17H11BrN2. The van der Waals surface area contributed by atoms with Crippen LogP contribution in [0.4, 0.5) is 11.4 Å². The van der Waals surface area contributed by atoms with Crippen LogP contribution in [-0.2, 0) is 0 Å². The van der Waals surface area contributed by atoms with Crippen LogP contribution >= 0.6 is 15.9 Å². The van der Waals surface area contributed by atoms with Gasteiger partial charge in [-0.3, -0.25) is 0 Å². The van der Waals surface area contributed by atoms with E-state index in [0.717, 1.165) is 21.7 Å². The highest BCUT2D eigenvalue weighted by Gasteiger charge is 2.17. The Labute approximate surface area is 125 Å². The second-order valence-corrected chi connectivity index (χ2v) is 5.69. The molecule has 3 aromatic carbocycles. The molecule has 0 fully saturated rings. The van der Waals surface area contributed by atoms with Crippen molar-refractivity contribution in [1.82, 2.24) is 0 Å². The van der Waals surface area contributed by atoms with Gasteiger partial charge in [0.25, 0.3) is 0 Å². The van der Waals surface area contributed by atoms with Crippen molar-refractivity contribution in [1.29, 1.82) is 0 Å². The van der Waals surface area contributed by atoms with Crippen LogP contribution in [0.2, 0.25) is 0 Å². The number of hydrogen-bond donors (Lipinski definition) is 1. The van der Waals surface area contributed by atoms with Crippen molar-refractivity contribution in [2.24, 2.45) is 4.99 Å². The summed E-state index contributed by atoms with van der Waals surface area (Å²) in [6.07, 6.45) is 0. The summed E-state index contributed by atoms with van der Waals surface area (Å²) < 4.78 is 1.07. The Morgan fingerprint density at radius 1 is 0.850 bits per heavy atom. The van der Waals surface area contributed by atoms with Gasteiger partial charge in [0.15, 0.2) is 0 Å². The summed E-state index contributed by atoms with van der Waals surface area (Å²) in [5, 5.41) is 5.87. The average Bonchev–Trinajstić information content (AvgIpc) is 2.82. The van der Waals surface area contributed by atoms with E-state index in [1.807, 2.05) is 30.3 Å². The van der Waals surface area contributed by atoms with Crippen LogP contribution < -0.4 is 5.32 Å². The zero-order chi connectivity index (χ0) is 13.5. The fourth-order valence-corrected chi connectivity index (χ4v) is 2.82. The van der Waals surface area contributed by atoms with Crippen molar-refractivity contribution in [3.8, 4) is 0 Å². The molecule has 0 unspecified atom stereocenters. The summed E-state index contributed by atoms with van der Waals surface area (Å²) >= 11 is 3.45. The third-order valence-corrected chi connectivity index (χ3v) is 4.01. The number of aliphatic imine (C=N–C) groups is 1. The predicted octanol–water partition coefficient (Wildman–Crippen LogP) is 5.11. The van der Waals surface area contributed by atoms with Crippen LogP contribution in [0, 0.1) is 0 Å². The Balaban J connectivity index is 1.79. The van der Waals surface area contributed by atoms with Crippen molar-refractivity contribution in [3.63, 3.8) is 0 Å². The lowest BCUT2D eigenvalue weighted by Gasteiger charge is -2.07. The molecule has 96 valence electrons. The van der Waals surface area contributed by atoms with Gasteiger partial charge in [-0.05, 0) is 35.7 Å². The van der Waals surface area contributed by atoms with Gasteiger partial charge in [0, 0.05) is 21.1 Å². The van der Waals surface area contributed by atoms with Gasteiger partial charge < -0.3 is 5.32 Å². The fourth-order valence-electron chi connectivity index (χ4n) is 2.56. The van der Waals surface area contributed by atoms with Crippen LogP contribution in [0.25, 0.3) is 10.8 Å². The molecule has 2 nitrogen and oxygen atoms in total. The first kappa shape index (κ1) is 11.7. The molecule has 0 aliphatic carbocycles. The van der Waals surface area contributed by atoms with Gasteiger partial charge in [-0.15, -0.1) is 0 Å². The van der Waals surface area contributed by atoms with E-state index >= 15 is 0 Å². The zero-order valence-corrected chi connectivity index (χ0v) is 12.2. The lowest BCUT2D eigenvalue weighted by atomic mass is 10.0. The molecule has 4 rings (SSSR count). The van der Waals surface area contributed by atoms with E-state index in [1.165, 1.54) is 16.3 Å². The van der Waals surface area contributed by atoms with Gasteiger partial charge in [-0.1, -0.05) is 46.3 Å². The first-order chi connectivity index (χ1) is 9.81. The number of nitrogens with one attached hydrogen (secondary N) is 1. The molecule has 1 aliphatic rings. The van der Waals surface area contributed by atoms with Crippen molar-refractivity contribution >= 4 is 43.9 Å². The Kier molecular flexibility index (Phi) is 2.60. The Morgan fingerprint density at radius 3 is 2.40 bits per heavy atom. The molecule has 0 atom stereocenters. The maximum atomic E-state index is 4.71. The zero-order valence-electron chi connectivity index (χ0n) is 10.6. The molecule has 1 heterocycles. The summed E-state index contributed by atoms with van der Waals surface area (Å²) in [6, 6.07) is 20.7. The van der Waals surface area contributed by atoms with Crippen LogP contribution in [0.15, 0.2) is 70.1 Å². The van der Waals surface area contributed by atoms with Gasteiger partial charge in [-0.2, -0.15) is 0 Å². The molecule has 0 bridgehead atoms. The van der Waals surface area contributed by atoms with Gasteiger partial charge in [0.2, 0.25) is 0 Å². The minimum atomic E-state index is 0.916. The highest BCUT2D eigenvalue weighted by molar-refractivity contribution is 9.10. The monoisotopic (exact) mass is 322 g/mol. The average molecular weight is 323 g/mol. The van der Waals surface area contributed by atoms with E-state index in [0.29, 0.717) is 0 Å². The van der Waals surface area contributed by atoms with E-state index in [-0.39, 0.29) is 0 Å². The molecule has 0 amide bonds. The maximum absolute atomic E-state index is 4.71. The molecule has 0 aromatic heterocycles. The summed E-state index contributed by atoms with van der Waals surface area (Å²) in [4.78, 5) is 4.71. The number of rotatable bonds is 1. The number of hydrogen-bond acceptors (Lipinski definition) is 2. The van der Waals surface area contributed by atoms with Crippen molar-refractivity contribution in [2.75, 3.05) is 5.32 Å². The van der Waals surface area contributed by atoms with Crippen molar-refractivity contribution in [3.05, 3.63) is 70.7 Å². The van der Waals surface area contributed by atoms with Crippen LogP contribution in [-0.4, -0.2) is 5.84 Å². The van der Waals surface area contributed by atoms with Crippen LogP contribution in [0.5, 0.6) is 0 Å². The van der Waals surface area contributed by atoms with Gasteiger partial charge in [0.1, 0.15) is 5.84 Å². The van der Waals surface area contributed by atoms with E-state index < -0.39 is 0 Å². The molecule has 1 N–H and O–H groups in total. The van der Waals surface area contributed by atoms with E-state index in [4.69, 9.17) is 4.99 Å². The molecule has 0 spiro atoms. The molecule has 0 saturated heterocycles. The SMILES string of the molecule is Brc1ccc(NC2=Nc3cccc4cccc2c34)cc1. The number of benzene rings is 3. The minimum Gasteiger partial charge on any atom is -0.340 e. The molecule has 3 aromatic rings. The third kappa shape index (κ3) is 1.82. The molecular weight excluding hydrogens is 312 g/mol. The van der Waals surface area contributed by atoms with Gasteiger partial charge in [0.05, 0.1) is 5.69 Å². The Morgan fingerprint density at radius 2 is 1.60 bits per heavy atom. The number of anilines is 1. The van der Waals surface area contributed by atoms with E-state index in [9.17, 15) is 0 Å². The highest BCUT2D eigenvalue weighted by Crippen LogP contribution is 2.35. The lowest BCUT2D eigenvalue weighted by Crippen LogP contribution is -2.11. The molecule has 20 heavy (non-hydrogen) atoms. The van der Waals surface area contributed by atoms with Crippen LogP contribution in [0.3, 0.4) is 0 Å². The molecule has 0 saturated carbocycles. The molecule has 3 heteroatoms. The first-order valence-electron chi connectivity index (χ1n) is 6.45. The van der Waals surface area contributed by atoms with Gasteiger partial charge >= 0.3 is 0 Å². The molecule has 0 radical (unpaired) electrons. The Bertz CT molecular complexity index is 830. The summed E-state index contributed by atoms with van der Waals surface area (Å²) in [6.45, 7) is 0. The first-order valence-corrected chi connectivity index (χ1v) is 7.24. The second kappa shape index (κ2) is 4.46. The second-order valence-electron chi connectivity index (χ2n) is 4.77. The van der Waals surface area contributed by atoms with E-state index in [1.54, 1.807) is 0 Å². The minimum absolute atomic E-state index is 0.916. The summed E-state index contributed by atoms with van der Waals surface area (Å²) in [7, 11) is 0. The van der Waals surface area contributed by atoms with E-state index in [2.05, 4.69) is 51.6 Å².